The minimum atomic E-state index is -0.596. The molecule has 4 nitrogen and oxygen atoms in total. The van der Waals surface area contributed by atoms with Crippen molar-refractivity contribution < 1.29 is 9.84 Å². The Balaban J connectivity index is 2.24. The molecular weight excluding hydrogens is 252 g/mol. The maximum Gasteiger partial charge on any atom is 0.124 e. The zero-order valence-electron chi connectivity index (χ0n) is 13.2. The Morgan fingerprint density at radius 1 is 1.30 bits per heavy atom. The van der Waals surface area contributed by atoms with Gasteiger partial charge in [0.05, 0.1) is 11.3 Å². The Kier molecular flexibility index (Phi) is 4.55. The van der Waals surface area contributed by atoms with E-state index in [1.54, 1.807) is 6.20 Å². The SMILES string of the molecule is CCOC1(C(O)c2ccnn2CC)CCC(C)(C)CC1. The van der Waals surface area contributed by atoms with Gasteiger partial charge in [-0.3, -0.25) is 4.68 Å². The molecular formula is C16H28N2O2. The van der Waals surface area contributed by atoms with Crippen molar-refractivity contribution in [1.82, 2.24) is 9.78 Å². The van der Waals surface area contributed by atoms with Gasteiger partial charge in [-0.05, 0) is 51.0 Å². The van der Waals surface area contributed by atoms with Crippen molar-refractivity contribution >= 4 is 0 Å². The van der Waals surface area contributed by atoms with Gasteiger partial charge in [-0.15, -0.1) is 0 Å². The lowest BCUT2D eigenvalue weighted by atomic mass is 9.68. The third-order valence-corrected chi connectivity index (χ3v) is 4.71. The van der Waals surface area contributed by atoms with E-state index in [2.05, 4.69) is 18.9 Å². The topological polar surface area (TPSA) is 47.3 Å². The van der Waals surface area contributed by atoms with Crippen molar-refractivity contribution in [3.8, 4) is 0 Å². The van der Waals surface area contributed by atoms with Crippen molar-refractivity contribution in [2.75, 3.05) is 6.61 Å². The highest BCUT2D eigenvalue weighted by molar-refractivity contribution is 5.12. The van der Waals surface area contributed by atoms with E-state index in [0.29, 0.717) is 12.0 Å². The maximum atomic E-state index is 10.9. The van der Waals surface area contributed by atoms with Crippen LogP contribution < -0.4 is 0 Å². The van der Waals surface area contributed by atoms with E-state index in [4.69, 9.17) is 4.74 Å². The Bertz CT molecular complexity index is 429. The van der Waals surface area contributed by atoms with Gasteiger partial charge in [0.25, 0.3) is 0 Å². The molecule has 1 aromatic heterocycles. The summed E-state index contributed by atoms with van der Waals surface area (Å²) >= 11 is 0. The first-order chi connectivity index (χ1) is 9.44. The summed E-state index contributed by atoms with van der Waals surface area (Å²) in [4.78, 5) is 0. The molecule has 0 aliphatic heterocycles. The summed E-state index contributed by atoms with van der Waals surface area (Å²) in [6.07, 6.45) is 5.15. The van der Waals surface area contributed by atoms with E-state index in [1.807, 2.05) is 24.6 Å². The summed E-state index contributed by atoms with van der Waals surface area (Å²) in [5.74, 6) is 0. The van der Waals surface area contributed by atoms with E-state index in [1.165, 1.54) is 0 Å². The summed E-state index contributed by atoms with van der Waals surface area (Å²) in [5, 5.41) is 15.2. The van der Waals surface area contributed by atoms with Crippen molar-refractivity contribution in [3.05, 3.63) is 18.0 Å². The van der Waals surface area contributed by atoms with Crippen LogP contribution >= 0.6 is 0 Å². The van der Waals surface area contributed by atoms with Gasteiger partial charge < -0.3 is 9.84 Å². The molecule has 2 rings (SSSR count). The summed E-state index contributed by atoms with van der Waals surface area (Å²) in [7, 11) is 0. The first-order valence-electron chi connectivity index (χ1n) is 7.78. The number of aliphatic hydroxyl groups is 1. The molecule has 0 amide bonds. The van der Waals surface area contributed by atoms with E-state index in [-0.39, 0.29) is 0 Å². The molecule has 1 heterocycles. The van der Waals surface area contributed by atoms with Crippen LogP contribution in [0.3, 0.4) is 0 Å². The minimum absolute atomic E-state index is 0.353. The highest BCUT2D eigenvalue weighted by Crippen LogP contribution is 2.47. The fourth-order valence-electron chi connectivity index (χ4n) is 3.24. The standard InChI is InChI=1S/C16H28N2O2/c1-5-18-13(7-12-17-18)14(19)16(20-6-2)10-8-15(3,4)9-11-16/h7,12,14,19H,5-6,8-11H2,1-4H3. The van der Waals surface area contributed by atoms with E-state index >= 15 is 0 Å². The quantitative estimate of drug-likeness (QED) is 0.900. The smallest absolute Gasteiger partial charge is 0.124 e. The van der Waals surface area contributed by atoms with Crippen molar-refractivity contribution in [2.45, 2.75) is 71.6 Å². The van der Waals surface area contributed by atoms with Crippen molar-refractivity contribution in [1.29, 1.82) is 0 Å². The fourth-order valence-corrected chi connectivity index (χ4v) is 3.24. The molecule has 0 aromatic carbocycles. The molecule has 1 aromatic rings. The lowest BCUT2D eigenvalue weighted by Gasteiger charge is -2.45. The summed E-state index contributed by atoms with van der Waals surface area (Å²) < 4.78 is 7.92. The van der Waals surface area contributed by atoms with E-state index in [0.717, 1.165) is 37.9 Å². The number of aromatic nitrogens is 2. The number of hydrogen-bond acceptors (Lipinski definition) is 3. The molecule has 4 heteroatoms. The molecule has 0 spiro atoms. The molecule has 20 heavy (non-hydrogen) atoms. The van der Waals surface area contributed by atoms with Crippen LogP contribution in [0, 0.1) is 5.41 Å². The second-order valence-electron chi connectivity index (χ2n) is 6.64. The molecule has 1 aliphatic carbocycles. The predicted octanol–water partition coefficient (Wildman–Crippen LogP) is 3.31. The second-order valence-corrected chi connectivity index (χ2v) is 6.64. The highest BCUT2D eigenvalue weighted by atomic mass is 16.5. The molecule has 1 saturated carbocycles. The lowest BCUT2D eigenvalue weighted by Crippen LogP contribution is -2.45. The zero-order chi connectivity index (χ0) is 14.8. The van der Waals surface area contributed by atoms with Crippen LogP contribution in [0.4, 0.5) is 0 Å². The average molecular weight is 280 g/mol. The first kappa shape index (κ1) is 15.5. The molecule has 0 radical (unpaired) electrons. The van der Waals surface area contributed by atoms with Crippen molar-refractivity contribution in [3.63, 3.8) is 0 Å². The predicted molar refractivity (Wildman–Crippen MR) is 79.5 cm³/mol. The van der Waals surface area contributed by atoms with Crippen LogP contribution in [0.25, 0.3) is 0 Å². The summed E-state index contributed by atoms with van der Waals surface area (Å²) in [6, 6.07) is 1.91. The van der Waals surface area contributed by atoms with E-state index in [9.17, 15) is 5.11 Å². The second kappa shape index (κ2) is 5.86. The molecule has 1 atom stereocenters. The normalized spacial score (nSPS) is 22.6. The molecule has 114 valence electrons. The molecule has 0 saturated heterocycles. The van der Waals surface area contributed by atoms with Crippen LogP contribution in [0.1, 0.15) is 65.2 Å². The van der Waals surface area contributed by atoms with Gasteiger partial charge in [0.2, 0.25) is 0 Å². The molecule has 0 bridgehead atoms. The Hall–Kier alpha value is -0.870. The number of rotatable bonds is 5. The number of nitrogens with zero attached hydrogens (tertiary/aromatic N) is 2. The fraction of sp³-hybridized carbons (Fsp3) is 0.812. The molecule has 1 aliphatic rings. The van der Waals surface area contributed by atoms with Gasteiger partial charge in [0.15, 0.2) is 0 Å². The monoisotopic (exact) mass is 280 g/mol. The maximum absolute atomic E-state index is 10.9. The highest BCUT2D eigenvalue weighted by Gasteiger charge is 2.45. The van der Waals surface area contributed by atoms with Crippen LogP contribution in [-0.4, -0.2) is 27.1 Å². The third kappa shape index (κ3) is 2.91. The number of hydrogen-bond donors (Lipinski definition) is 1. The lowest BCUT2D eigenvalue weighted by molar-refractivity contribution is -0.155. The molecule has 1 fully saturated rings. The van der Waals surface area contributed by atoms with Crippen LogP contribution in [0.5, 0.6) is 0 Å². The van der Waals surface area contributed by atoms with Crippen molar-refractivity contribution in [2.24, 2.45) is 5.41 Å². The number of aryl methyl sites for hydroxylation is 1. The molecule has 1 N–H and O–H groups in total. The average Bonchev–Trinajstić information content (AvgIpc) is 2.89. The van der Waals surface area contributed by atoms with Crippen LogP contribution in [-0.2, 0) is 11.3 Å². The largest absolute Gasteiger partial charge is 0.384 e. The summed E-state index contributed by atoms with van der Waals surface area (Å²) in [5.41, 5.74) is 0.781. The van der Waals surface area contributed by atoms with Crippen LogP contribution in [0.15, 0.2) is 12.3 Å². The van der Waals surface area contributed by atoms with Gasteiger partial charge in [0, 0.05) is 19.3 Å². The van der Waals surface area contributed by atoms with Crippen LogP contribution in [0.2, 0.25) is 0 Å². The van der Waals surface area contributed by atoms with Gasteiger partial charge >= 0.3 is 0 Å². The third-order valence-electron chi connectivity index (χ3n) is 4.71. The minimum Gasteiger partial charge on any atom is -0.384 e. The Labute approximate surface area is 122 Å². The first-order valence-corrected chi connectivity index (χ1v) is 7.78. The number of aliphatic hydroxyl groups excluding tert-OH is 1. The van der Waals surface area contributed by atoms with Gasteiger partial charge in [-0.25, -0.2) is 0 Å². The Morgan fingerprint density at radius 2 is 1.95 bits per heavy atom. The molecule has 1 unspecified atom stereocenters. The Morgan fingerprint density at radius 3 is 2.50 bits per heavy atom. The van der Waals surface area contributed by atoms with E-state index < -0.39 is 11.7 Å². The van der Waals surface area contributed by atoms with Gasteiger partial charge in [-0.2, -0.15) is 5.10 Å². The van der Waals surface area contributed by atoms with Gasteiger partial charge in [-0.1, -0.05) is 13.8 Å². The van der Waals surface area contributed by atoms with Gasteiger partial charge in [0.1, 0.15) is 6.10 Å². The number of ether oxygens (including phenoxy) is 1. The zero-order valence-corrected chi connectivity index (χ0v) is 13.2. The summed E-state index contributed by atoms with van der Waals surface area (Å²) in [6.45, 7) is 10.0.